The Morgan fingerprint density at radius 1 is 1.29 bits per heavy atom. The molecule has 0 saturated heterocycles. The van der Waals surface area contributed by atoms with E-state index < -0.39 is 11.2 Å². The van der Waals surface area contributed by atoms with Crippen molar-refractivity contribution in [2.45, 2.75) is 13.0 Å². The summed E-state index contributed by atoms with van der Waals surface area (Å²) in [5.41, 5.74) is 5.71. The van der Waals surface area contributed by atoms with Crippen molar-refractivity contribution in [1.82, 2.24) is 14.5 Å². The van der Waals surface area contributed by atoms with E-state index in [0.717, 1.165) is 5.56 Å². The minimum absolute atomic E-state index is 0.174. The van der Waals surface area contributed by atoms with E-state index in [9.17, 15) is 9.59 Å². The number of nitrogens with one attached hydrogen (secondary N) is 1. The SMILES string of the molecule is Nc1cc(=O)[nH]c(=O)n1CCc1ccncc1. The van der Waals surface area contributed by atoms with Crippen LogP contribution in [0, 0.1) is 0 Å². The summed E-state index contributed by atoms with van der Waals surface area (Å²) in [6.45, 7) is 0.422. The van der Waals surface area contributed by atoms with E-state index in [2.05, 4.69) is 9.97 Å². The Labute approximate surface area is 96.8 Å². The Balaban J connectivity index is 2.21. The van der Waals surface area contributed by atoms with Gasteiger partial charge in [0.25, 0.3) is 5.56 Å². The molecule has 6 nitrogen and oxygen atoms in total. The van der Waals surface area contributed by atoms with Gasteiger partial charge in [0.15, 0.2) is 0 Å². The minimum Gasteiger partial charge on any atom is -0.385 e. The molecule has 2 aromatic rings. The monoisotopic (exact) mass is 232 g/mol. The maximum Gasteiger partial charge on any atom is 0.329 e. The van der Waals surface area contributed by atoms with E-state index in [0.29, 0.717) is 13.0 Å². The second kappa shape index (κ2) is 4.65. The first-order valence-electron chi connectivity index (χ1n) is 5.15. The molecular weight excluding hydrogens is 220 g/mol. The Kier molecular flexibility index (Phi) is 3.04. The molecule has 0 bridgehead atoms. The van der Waals surface area contributed by atoms with Crippen molar-refractivity contribution in [3.63, 3.8) is 0 Å². The van der Waals surface area contributed by atoms with Crippen molar-refractivity contribution >= 4 is 5.82 Å². The first kappa shape index (κ1) is 11.1. The lowest BCUT2D eigenvalue weighted by molar-refractivity contribution is 0.655. The zero-order chi connectivity index (χ0) is 12.3. The summed E-state index contributed by atoms with van der Waals surface area (Å²) in [4.78, 5) is 28.6. The summed E-state index contributed by atoms with van der Waals surface area (Å²) >= 11 is 0. The fourth-order valence-corrected chi connectivity index (χ4v) is 1.56. The maximum atomic E-state index is 11.5. The number of aromatic nitrogens is 3. The second-order valence-electron chi connectivity index (χ2n) is 3.62. The summed E-state index contributed by atoms with van der Waals surface area (Å²) < 4.78 is 1.34. The lowest BCUT2D eigenvalue weighted by Crippen LogP contribution is -2.31. The molecule has 0 atom stereocenters. The minimum atomic E-state index is -0.482. The molecule has 0 saturated carbocycles. The molecule has 0 aliphatic heterocycles. The fraction of sp³-hybridized carbons (Fsp3) is 0.182. The van der Waals surface area contributed by atoms with E-state index in [1.165, 1.54) is 10.6 Å². The lowest BCUT2D eigenvalue weighted by atomic mass is 10.2. The highest BCUT2D eigenvalue weighted by Gasteiger charge is 2.02. The van der Waals surface area contributed by atoms with Crippen molar-refractivity contribution in [2.24, 2.45) is 0 Å². The summed E-state index contributed by atoms with van der Waals surface area (Å²) in [6.07, 6.45) is 4.03. The number of nitrogen functional groups attached to an aromatic ring is 1. The van der Waals surface area contributed by atoms with Gasteiger partial charge in [0.05, 0.1) is 0 Å². The number of H-pyrrole nitrogens is 1. The van der Waals surface area contributed by atoms with Gasteiger partial charge in [-0.25, -0.2) is 4.79 Å². The molecule has 2 rings (SSSR count). The third-order valence-corrected chi connectivity index (χ3v) is 2.44. The topological polar surface area (TPSA) is 93.8 Å². The van der Waals surface area contributed by atoms with E-state index in [4.69, 9.17) is 5.73 Å². The van der Waals surface area contributed by atoms with Gasteiger partial charge in [0, 0.05) is 25.0 Å². The van der Waals surface area contributed by atoms with Crippen molar-refractivity contribution in [3.05, 3.63) is 57.0 Å². The van der Waals surface area contributed by atoms with E-state index in [1.807, 2.05) is 12.1 Å². The van der Waals surface area contributed by atoms with Gasteiger partial charge >= 0.3 is 5.69 Å². The van der Waals surface area contributed by atoms with Crippen LogP contribution in [-0.4, -0.2) is 14.5 Å². The summed E-state index contributed by atoms with van der Waals surface area (Å²) in [5.74, 6) is 0.174. The largest absolute Gasteiger partial charge is 0.385 e. The van der Waals surface area contributed by atoms with Gasteiger partial charge in [-0.2, -0.15) is 0 Å². The Bertz CT molecular complexity index is 615. The molecule has 3 N–H and O–H groups in total. The van der Waals surface area contributed by atoms with Crippen LogP contribution in [0.2, 0.25) is 0 Å². The number of rotatable bonds is 3. The average Bonchev–Trinajstić information content (AvgIpc) is 2.29. The summed E-state index contributed by atoms with van der Waals surface area (Å²) in [6, 6.07) is 4.94. The smallest absolute Gasteiger partial charge is 0.329 e. The van der Waals surface area contributed by atoms with E-state index >= 15 is 0 Å². The first-order chi connectivity index (χ1) is 8.16. The quantitative estimate of drug-likeness (QED) is 0.763. The normalized spacial score (nSPS) is 10.4. The van der Waals surface area contributed by atoms with Crippen LogP contribution in [0.5, 0.6) is 0 Å². The number of pyridine rings is 1. The van der Waals surface area contributed by atoms with Gasteiger partial charge in [0.1, 0.15) is 5.82 Å². The zero-order valence-electron chi connectivity index (χ0n) is 9.09. The molecule has 0 aromatic carbocycles. The fourth-order valence-electron chi connectivity index (χ4n) is 1.56. The Morgan fingerprint density at radius 3 is 2.65 bits per heavy atom. The molecule has 0 aliphatic carbocycles. The van der Waals surface area contributed by atoms with Gasteiger partial charge in [-0.3, -0.25) is 19.3 Å². The number of anilines is 1. The highest BCUT2D eigenvalue weighted by atomic mass is 16.2. The van der Waals surface area contributed by atoms with Crippen LogP contribution in [-0.2, 0) is 13.0 Å². The van der Waals surface area contributed by atoms with Crippen molar-refractivity contribution in [3.8, 4) is 0 Å². The van der Waals surface area contributed by atoms with Crippen LogP contribution in [0.25, 0.3) is 0 Å². The van der Waals surface area contributed by atoms with Crippen molar-refractivity contribution in [1.29, 1.82) is 0 Å². The number of hydrogen-bond donors (Lipinski definition) is 2. The number of hydrogen-bond acceptors (Lipinski definition) is 4. The molecule has 2 heterocycles. The van der Waals surface area contributed by atoms with Crippen LogP contribution in [0.1, 0.15) is 5.56 Å². The molecule has 0 fully saturated rings. The van der Waals surface area contributed by atoms with Crippen LogP contribution in [0.15, 0.2) is 40.2 Å². The first-order valence-corrected chi connectivity index (χ1v) is 5.15. The Hall–Kier alpha value is -2.37. The van der Waals surface area contributed by atoms with Gasteiger partial charge in [-0.15, -0.1) is 0 Å². The van der Waals surface area contributed by atoms with Gasteiger partial charge in [-0.05, 0) is 24.1 Å². The molecule has 0 unspecified atom stereocenters. The van der Waals surface area contributed by atoms with Crippen LogP contribution < -0.4 is 17.0 Å². The number of nitrogens with zero attached hydrogens (tertiary/aromatic N) is 2. The third-order valence-electron chi connectivity index (χ3n) is 2.44. The predicted molar refractivity (Wildman–Crippen MR) is 63.7 cm³/mol. The third kappa shape index (κ3) is 2.60. The number of aromatic amines is 1. The average molecular weight is 232 g/mol. The van der Waals surface area contributed by atoms with Crippen LogP contribution in [0.3, 0.4) is 0 Å². The van der Waals surface area contributed by atoms with Gasteiger partial charge in [-0.1, -0.05) is 0 Å². The highest BCUT2D eigenvalue weighted by Crippen LogP contribution is 2.01. The molecule has 0 spiro atoms. The second-order valence-corrected chi connectivity index (χ2v) is 3.62. The Morgan fingerprint density at radius 2 is 2.00 bits per heavy atom. The standard InChI is InChI=1S/C11H12N4O2/c12-9-7-10(16)14-11(17)15(9)6-3-8-1-4-13-5-2-8/h1-2,4-5,7H,3,6,12H2,(H,14,16,17). The van der Waals surface area contributed by atoms with Gasteiger partial charge < -0.3 is 5.73 Å². The molecule has 6 heteroatoms. The van der Waals surface area contributed by atoms with Crippen molar-refractivity contribution in [2.75, 3.05) is 5.73 Å². The maximum absolute atomic E-state index is 11.5. The summed E-state index contributed by atoms with van der Waals surface area (Å²) in [7, 11) is 0. The molecule has 17 heavy (non-hydrogen) atoms. The van der Waals surface area contributed by atoms with Gasteiger partial charge in [0.2, 0.25) is 0 Å². The predicted octanol–water partition coefficient (Wildman–Crippen LogP) is -0.244. The molecule has 0 aliphatic rings. The molecule has 88 valence electrons. The number of nitrogens with two attached hydrogens (primary N) is 1. The molecular formula is C11H12N4O2. The van der Waals surface area contributed by atoms with E-state index in [-0.39, 0.29) is 5.82 Å². The summed E-state index contributed by atoms with van der Waals surface area (Å²) in [5, 5.41) is 0. The zero-order valence-corrected chi connectivity index (χ0v) is 9.09. The number of aryl methyl sites for hydroxylation is 1. The lowest BCUT2D eigenvalue weighted by Gasteiger charge is -2.07. The highest BCUT2D eigenvalue weighted by molar-refractivity contribution is 5.26. The van der Waals surface area contributed by atoms with E-state index in [1.54, 1.807) is 12.4 Å². The molecule has 0 radical (unpaired) electrons. The molecule has 0 amide bonds. The van der Waals surface area contributed by atoms with Crippen LogP contribution >= 0.6 is 0 Å². The van der Waals surface area contributed by atoms with Crippen LogP contribution in [0.4, 0.5) is 5.82 Å². The van der Waals surface area contributed by atoms with Crippen molar-refractivity contribution < 1.29 is 0 Å². The molecule has 2 aromatic heterocycles.